The smallest absolute Gasteiger partial charge is 0.748 e. The molecule has 10 aliphatic heterocycles. The fourth-order valence-electron chi connectivity index (χ4n) is 25.9. The predicted molar refractivity (Wildman–Crippen MR) is 368 cm³/mol. The summed E-state index contributed by atoms with van der Waals surface area (Å²) in [6.07, 6.45) is 19.5. The molecule has 0 aromatic heterocycles. The van der Waals surface area contributed by atoms with E-state index in [2.05, 4.69) is 85.1 Å². The van der Waals surface area contributed by atoms with E-state index in [4.69, 9.17) is 0 Å². The van der Waals surface area contributed by atoms with Gasteiger partial charge in [0.25, 0.3) is 0 Å². The molecule has 34 nitrogen and oxygen atoms in total. The Morgan fingerprint density at radius 3 is 0.439 bits per heavy atom. The minimum absolute atomic E-state index is 0. The van der Waals surface area contributed by atoms with E-state index in [0.717, 1.165) is 128 Å². The first-order chi connectivity index (χ1) is 49.3. The van der Waals surface area contributed by atoms with Crippen LogP contribution in [0.1, 0.15) is 167 Å². The number of rotatable bonds is 6. The van der Waals surface area contributed by atoms with Crippen LogP contribution in [0.3, 0.4) is 0 Å². The standard InChI is InChI=1S/2C32H56N8O9S3.3Cu/c2*41-50(42,43)21-13-20-22(24(52(47,48)49)23(21)51(44,45)46)32-39-30-19-12-6-5-11-18(19)28(37-30)35-26-15-8-2-1-7-14(15)25(33-26)34-27-16-9-3-4-10-17(16)29(36-27)38-31(20)40-32;;;/h2*14-40H,1-13H2,(H,41,42,43)(H,44,45,46)(H,47,48,49);;;/q;;3*+2/p-6. The molecule has 16 N–H and O–H groups in total. The van der Waals surface area contributed by atoms with Gasteiger partial charge >= 0.3 is 51.2 Å². The summed E-state index contributed by atoms with van der Waals surface area (Å²) >= 11 is 0. The summed E-state index contributed by atoms with van der Waals surface area (Å²) in [7, 11) is -33.7. The van der Waals surface area contributed by atoms with E-state index in [1.807, 2.05) is 0 Å². The predicted octanol–water partition coefficient (Wildman–Crippen LogP) is -3.65. The van der Waals surface area contributed by atoms with Crippen LogP contribution in [0.4, 0.5) is 0 Å². The van der Waals surface area contributed by atoms with Crippen molar-refractivity contribution in [2.24, 2.45) is 94.7 Å². The van der Waals surface area contributed by atoms with Gasteiger partial charge in [0.15, 0.2) is 0 Å². The topological polar surface area (TPSA) is 536 Å². The Kier molecular flexibility index (Phi) is 25.0. The van der Waals surface area contributed by atoms with Crippen LogP contribution in [0.15, 0.2) is 0 Å². The molecule has 38 atom stereocenters. The van der Waals surface area contributed by atoms with Crippen molar-refractivity contribution in [2.45, 2.75) is 297 Å². The van der Waals surface area contributed by atoms with Crippen molar-refractivity contribution in [3.05, 3.63) is 0 Å². The van der Waals surface area contributed by atoms with Crippen LogP contribution in [0, 0.1) is 94.7 Å². The number of hydrogen-bond donors (Lipinski definition) is 16. The summed E-state index contributed by atoms with van der Waals surface area (Å²) in [5, 5.41) is 45.1. The normalized spacial score (nSPS) is 50.9. The minimum Gasteiger partial charge on any atom is -0.748 e. The quantitative estimate of drug-likeness (QED) is 0.0900. The first-order valence-electron chi connectivity index (χ1n) is 39.2. The first-order valence-corrected chi connectivity index (χ1v) is 48.0. The molecule has 0 aromatic carbocycles. The second-order valence-electron chi connectivity index (χ2n) is 34.8. The molecule has 18 fully saturated rings. The van der Waals surface area contributed by atoms with E-state index in [0.29, 0.717) is 23.7 Å². The van der Waals surface area contributed by atoms with Gasteiger partial charge in [-0.05, 0) is 173 Å². The van der Waals surface area contributed by atoms with Gasteiger partial charge < -0.3 is 27.3 Å². The Labute approximate surface area is 661 Å². The maximum Gasteiger partial charge on any atom is 2.00 e. The van der Waals surface area contributed by atoms with Crippen molar-refractivity contribution < 1.29 is 129 Å². The van der Waals surface area contributed by atoms with Crippen LogP contribution >= 0.6 is 0 Å². The fraction of sp³-hybridized carbons (Fsp3) is 1.00. The zero-order valence-corrected chi connectivity index (χ0v) is 66.8. The van der Waals surface area contributed by atoms with Gasteiger partial charge in [0, 0.05) is 11.8 Å². The monoisotopic (exact) mass is 1770 g/mol. The molecule has 10 saturated heterocycles. The molecule has 619 valence electrons. The summed E-state index contributed by atoms with van der Waals surface area (Å²) in [6.45, 7) is 0. The SMILES string of the molecule is O=S(=O)([O-])C1CC2C3NC4NC(NC5NC(NC6NC(NC(N3)C2C(S(=O)(=O)[O-])C1S(=O)(=O)[O-])C1CCCCC61)C1CCCCC51)C1CCCCC41.O=S(=O)([O-])C1CC2C3NC4NC(NC5NC(NC6NC(NC(N3)C2C(S(=O)(=O)[O-])C1S(=O)(=O)[O-])C1CCCCC61)C1CCCCC51)C1CCCCC41.[Cu+2].[Cu+2].[Cu+2]. The van der Waals surface area contributed by atoms with Crippen molar-refractivity contribution in [3.63, 3.8) is 0 Å². The van der Waals surface area contributed by atoms with E-state index >= 15 is 0 Å². The van der Waals surface area contributed by atoms with E-state index in [1.54, 1.807) is 0 Å². The second-order valence-corrected chi connectivity index (χ2v) is 44.1. The molecule has 0 aromatic rings. The number of nitrogens with one attached hydrogen (secondary N) is 16. The zero-order valence-electron chi connectivity index (χ0n) is 59.0. The van der Waals surface area contributed by atoms with E-state index < -0.39 is 153 Å². The molecule has 3 radical (unpaired) electrons. The van der Waals surface area contributed by atoms with Gasteiger partial charge in [0.05, 0.1) is 171 Å². The van der Waals surface area contributed by atoms with Crippen LogP contribution in [0.2, 0.25) is 0 Å². The van der Waals surface area contributed by atoms with E-state index in [1.165, 1.54) is 25.7 Å². The summed E-state index contributed by atoms with van der Waals surface area (Å²) in [4.78, 5) is 0. The van der Waals surface area contributed by atoms with Crippen LogP contribution in [0.5, 0.6) is 0 Å². The molecule has 107 heavy (non-hydrogen) atoms. The average molecular weight is 1770 g/mol. The number of fused-ring (bicyclic) bond motifs is 40. The van der Waals surface area contributed by atoms with Gasteiger partial charge in [-0.1, -0.05) is 77.0 Å². The van der Waals surface area contributed by atoms with Gasteiger partial charge in [-0.3, -0.25) is 85.1 Å². The maximum absolute atomic E-state index is 13.1. The average Bonchev–Trinajstić information content (AvgIpc) is 1.68. The van der Waals surface area contributed by atoms with Crippen molar-refractivity contribution in [1.82, 2.24) is 85.1 Å². The molecule has 8 aliphatic carbocycles. The van der Waals surface area contributed by atoms with Gasteiger partial charge in [-0.15, -0.1) is 0 Å². The van der Waals surface area contributed by atoms with Gasteiger partial charge in [-0.2, -0.15) is 0 Å². The Balaban J connectivity index is 0.000000175. The Bertz CT molecular complexity index is 3680. The maximum atomic E-state index is 13.1. The summed E-state index contributed by atoms with van der Waals surface area (Å²) in [6, 6.07) is 0. The van der Waals surface area contributed by atoms with Crippen LogP contribution in [0.25, 0.3) is 0 Å². The second kappa shape index (κ2) is 31.9. The molecular formula is C64H106Cu3N16O18S6. The summed E-state index contributed by atoms with van der Waals surface area (Å²) in [5.41, 5.74) is 0. The third-order valence-electron chi connectivity index (χ3n) is 30.0. The molecule has 18 aliphatic rings. The van der Waals surface area contributed by atoms with Crippen molar-refractivity contribution >= 4 is 60.7 Å². The van der Waals surface area contributed by atoms with Crippen LogP contribution < -0.4 is 85.1 Å². The van der Waals surface area contributed by atoms with Gasteiger partial charge in [0.2, 0.25) is 0 Å². The summed E-state index contributed by atoms with van der Waals surface area (Å²) < 4.78 is 231. The molecule has 0 amide bonds. The molecule has 8 saturated carbocycles. The van der Waals surface area contributed by atoms with Crippen molar-refractivity contribution in [1.29, 1.82) is 0 Å². The van der Waals surface area contributed by atoms with Gasteiger partial charge in [0.1, 0.15) is 20.2 Å². The Hall–Kier alpha value is 0.378. The van der Waals surface area contributed by atoms with E-state index in [-0.39, 0.29) is 173 Å². The van der Waals surface area contributed by atoms with Crippen LogP contribution in [-0.2, 0) is 112 Å². The zero-order chi connectivity index (χ0) is 72.6. The Morgan fingerprint density at radius 1 is 0.178 bits per heavy atom. The van der Waals surface area contributed by atoms with E-state index in [9.17, 15) is 77.8 Å². The van der Waals surface area contributed by atoms with Crippen LogP contribution in [-0.4, -0.2) is 208 Å². The Morgan fingerprint density at radius 2 is 0.308 bits per heavy atom. The van der Waals surface area contributed by atoms with Gasteiger partial charge in [-0.25, -0.2) is 50.5 Å². The number of hydrogen-bond acceptors (Lipinski definition) is 34. The molecule has 18 rings (SSSR count). The molecule has 38 unspecified atom stereocenters. The third kappa shape index (κ3) is 15.9. The fourth-order valence-corrected chi connectivity index (χ4v) is 35.8. The summed E-state index contributed by atoms with van der Waals surface area (Å²) in [5.74, 6) is -1.00. The molecular weight excluding hydrogens is 1660 g/mol. The first kappa shape index (κ1) is 83.9. The third-order valence-corrected chi connectivity index (χ3v) is 38.2. The van der Waals surface area contributed by atoms with Crippen molar-refractivity contribution in [2.75, 3.05) is 0 Å². The molecule has 10 heterocycles. The molecule has 16 bridgehead atoms. The molecule has 0 spiro atoms. The molecule has 43 heteroatoms. The minimum atomic E-state index is -5.73. The largest absolute Gasteiger partial charge is 2.00 e. The van der Waals surface area contributed by atoms with Crippen molar-refractivity contribution in [3.8, 4) is 0 Å².